The van der Waals surface area contributed by atoms with Crippen LogP contribution in [0.15, 0.2) is 77.0 Å². The SMILES string of the molecule is NCC(N)c1ccc(N=Nc2ccccc2)c2ccccc12. The highest BCUT2D eigenvalue weighted by Gasteiger charge is 2.10. The summed E-state index contributed by atoms with van der Waals surface area (Å²) in [5, 5.41) is 10.8. The number of hydrogen-bond donors (Lipinski definition) is 2. The maximum Gasteiger partial charge on any atom is 0.0935 e. The zero-order chi connectivity index (χ0) is 15.4. The number of azo groups is 1. The van der Waals surface area contributed by atoms with Gasteiger partial charge in [-0.1, -0.05) is 48.5 Å². The first kappa shape index (κ1) is 14.4. The third-order valence-electron chi connectivity index (χ3n) is 3.62. The van der Waals surface area contributed by atoms with Crippen LogP contribution in [0.1, 0.15) is 11.6 Å². The van der Waals surface area contributed by atoms with Crippen LogP contribution in [0.4, 0.5) is 11.4 Å². The molecule has 1 unspecified atom stereocenters. The van der Waals surface area contributed by atoms with Crippen molar-refractivity contribution in [3.05, 3.63) is 72.3 Å². The Kier molecular flexibility index (Phi) is 4.23. The van der Waals surface area contributed by atoms with Gasteiger partial charge in [-0.3, -0.25) is 0 Å². The van der Waals surface area contributed by atoms with Crippen molar-refractivity contribution in [3.63, 3.8) is 0 Å². The molecule has 0 aliphatic carbocycles. The van der Waals surface area contributed by atoms with E-state index in [1.54, 1.807) is 0 Å². The van der Waals surface area contributed by atoms with E-state index in [0.717, 1.165) is 27.7 Å². The van der Waals surface area contributed by atoms with E-state index >= 15 is 0 Å². The topological polar surface area (TPSA) is 76.8 Å². The number of rotatable bonds is 4. The summed E-state index contributed by atoms with van der Waals surface area (Å²) >= 11 is 0. The van der Waals surface area contributed by atoms with Crippen LogP contribution in [-0.2, 0) is 0 Å². The summed E-state index contributed by atoms with van der Waals surface area (Å²) in [5.41, 5.74) is 14.5. The molecule has 0 spiro atoms. The first-order valence-corrected chi connectivity index (χ1v) is 7.23. The van der Waals surface area contributed by atoms with Crippen molar-refractivity contribution >= 4 is 22.1 Å². The van der Waals surface area contributed by atoms with Crippen LogP contribution in [0.5, 0.6) is 0 Å². The maximum absolute atomic E-state index is 6.10. The lowest BCUT2D eigenvalue weighted by Gasteiger charge is -2.13. The molecule has 3 rings (SSSR count). The van der Waals surface area contributed by atoms with Crippen LogP contribution in [0.3, 0.4) is 0 Å². The van der Waals surface area contributed by atoms with Gasteiger partial charge in [-0.2, -0.15) is 5.11 Å². The maximum atomic E-state index is 6.10. The van der Waals surface area contributed by atoms with Gasteiger partial charge in [-0.15, -0.1) is 5.11 Å². The van der Waals surface area contributed by atoms with Crippen LogP contribution in [0.25, 0.3) is 10.8 Å². The van der Waals surface area contributed by atoms with Gasteiger partial charge >= 0.3 is 0 Å². The Balaban J connectivity index is 2.06. The van der Waals surface area contributed by atoms with Crippen LogP contribution < -0.4 is 11.5 Å². The molecular weight excluding hydrogens is 272 g/mol. The van der Waals surface area contributed by atoms with Crippen molar-refractivity contribution in [1.82, 2.24) is 0 Å². The fourth-order valence-electron chi connectivity index (χ4n) is 2.45. The van der Waals surface area contributed by atoms with Gasteiger partial charge in [0.15, 0.2) is 0 Å². The third kappa shape index (κ3) is 2.88. The number of hydrogen-bond acceptors (Lipinski definition) is 4. The van der Waals surface area contributed by atoms with Gasteiger partial charge in [0.2, 0.25) is 0 Å². The van der Waals surface area contributed by atoms with Crippen molar-refractivity contribution < 1.29 is 0 Å². The monoisotopic (exact) mass is 290 g/mol. The van der Waals surface area contributed by atoms with E-state index in [0.29, 0.717) is 6.54 Å². The molecule has 0 fully saturated rings. The third-order valence-corrected chi connectivity index (χ3v) is 3.62. The molecule has 0 aliphatic heterocycles. The molecule has 110 valence electrons. The molecule has 0 amide bonds. The van der Waals surface area contributed by atoms with E-state index in [4.69, 9.17) is 11.5 Å². The predicted octanol–water partition coefficient (Wildman–Crippen LogP) is 4.21. The zero-order valence-electron chi connectivity index (χ0n) is 12.2. The first-order chi connectivity index (χ1) is 10.8. The molecule has 1 atom stereocenters. The van der Waals surface area contributed by atoms with Crippen LogP contribution in [0.2, 0.25) is 0 Å². The average Bonchev–Trinajstić information content (AvgIpc) is 2.60. The highest BCUT2D eigenvalue weighted by Crippen LogP contribution is 2.32. The molecule has 0 saturated heterocycles. The molecule has 3 aromatic carbocycles. The normalized spacial score (nSPS) is 12.8. The zero-order valence-corrected chi connectivity index (χ0v) is 12.2. The summed E-state index contributed by atoms with van der Waals surface area (Å²) in [6.07, 6.45) is 0. The van der Waals surface area contributed by atoms with Gasteiger partial charge in [0.25, 0.3) is 0 Å². The molecule has 0 radical (unpaired) electrons. The Morgan fingerprint density at radius 1 is 0.773 bits per heavy atom. The molecule has 4 nitrogen and oxygen atoms in total. The van der Waals surface area contributed by atoms with E-state index in [9.17, 15) is 0 Å². The molecule has 0 bridgehead atoms. The second-order valence-electron chi connectivity index (χ2n) is 5.10. The second-order valence-corrected chi connectivity index (χ2v) is 5.10. The molecule has 4 N–H and O–H groups in total. The quantitative estimate of drug-likeness (QED) is 0.706. The molecule has 4 heteroatoms. The Bertz CT molecular complexity index is 797. The Morgan fingerprint density at radius 3 is 2.18 bits per heavy atom. The second kappa shape index (κ2) is 6.47. The fraction of sp³-hybridized carbons (Fsp3) is 0.111. The summed E-state index contributed by atoms with van der Waals surface area (Å²) in [4.78, 5) is 0. The van der Waals surface area contributed by atoms with Gasteiger partial charge in [0.1, 0.15) is 0 Å². The van der Waals surface area contributed by atoms with Gasteiger partial charge in [-0.25, -0.2) is 0 Å². The van der Waals surface area contributed by atoms with E-state index < -0.39 is 0 Å². The van der Waals surface area contributed by atoms with Crippen molar-refractivity contribution in [2.75, 3.05) is 6.54 Å². The minimum Gasteiger partial charge on any atom is -0.329 e. The largest absolute Gasteiger partial charge is 0.329 e. The lowest BCUT2D eigenvalue weighted by molar-refractivity contribution is 0.743. The summed E-state index contributed by atoms with van der Waals surface area (Å²) in [6, 6.07) is 21.5. The summed E-state index contributed by atoms with van der Waals surface area (Å²) < 4.78 is 0. The molecule has 0 saturated carbocycles. The predicted molar refractivity (Wildman–Crippen MR) is 90.5 cm³/mol. The Hall–Kier alpha value is -2.56. The van der Waals surface area contributed by atoms with E-state index in [1.807, 2.05) is 66.7 Å². The Morgan fingerprint density at radius 2 is 1.45 bits per heavy atom. The highest BCUT2D eigenvalue weighted by molar-refractivity contribution is 5.95. The smallest absolute Gasteiger partial charge is 0.0935 e. The minimum atomic E-state index is -0.176. The molecular formula is C18H18N4. The molecule has 0 aromatic heterocycles. The summed E-state index contributed by atoms with van der Waals surface area (Å²) in [7, 11) is 0. The number of fused-ring (bicyclic) bond motifs is 1. The van der Waals surface area contributed by atoms with E-state index in [2.05, 4.69) is 10.2 Å². The van der Waals surface area contributed by atoms with Crippen molar-refractivity contribution in [1.29, 1.82) is 0 Å². The van der Waals surface area contributed by atoms with Crippen LogP contribution in [-0.4, -0.2) is 6.54 Å². The molecule has 0 aliphatic rings. The molecule has 0 heterocycles. The van der Waals surface area contributed by atoms with Gasteiger partial charge in [0.05, 0.1) is 11.4 Å². The summed E-state index contributed by atoms with van der Waals surface area (Å²) in [5.74, 6) is 0. The minimum absolute atomic E-state index is 0.176. The molecule has 3 aromatic rings. The van der Waals surface area contributed by atoms with Gasteiger partial charge in [0, 0.05) is 18.0 Å². The van der Waals surface area contributed by atoms with E-state index in [-0.39, 0.29) is 6.04 Å². The van der Waals surface area contributed by atoms with Crippen molar-refractivity contribution in [2.45, 2.75) is 6.04 Å². The Labute approximate surface area is 129 Å². The van der Waals surface area contributed by atoms with Gasteiger partial charge in [-0.05, 0) is 29.1 Å². The van der Waals surface area contributed by atoms with E-state index in [1.165, 1.54) is 0 Å². The average molecular weight is 290 g/mol. The van der Waals surface area contributed by atoms with Crippen molar-refractivity contribution in [2.24, 2.45) is 21.7 Å². The molecule has 22 heavy (non-hydrogen) atoms. The number of nitrogens with two attached hydrogens (primary N) is 2. The number of nitrogens with zero attached hydrogens (tertiary/aromatic N) is 2. The van der Waals surface area contributed by atoms with Crippen LogP contribution >= 0.6 is 0 Å². The highest BCUT2D eigenvalue weighted by atomic mass is 15.1. The number of benzene rings is 3. The summed E-state index contributed by atoms with van der Waals surface area (Å²) in [6.45, 7) is 0.412. The fourth-order valence-corrected chi connectivity index (χ4v) is 2.45. The van der Waals surface area contributed by atoms with Crippen LogP contribution in [0, 0.1) is 0 Å². The standard InChI is InChI=1S/C18H18N4/c19-12-17(20)15-10-11-18(16-9-5-4-8-14(15)16)22-21-13-6-2-1-3-7-13/h1-11,17H,12,19-20H2. The lowest BCUT2D eigenvalue weighted by Crippen LogP contribution is -2.20. The van der Waals surface area contributed by atoms with Gasteiger partial charge < -0.3 is 11.5 Å². The van der Waals surface area contributed by atoms with Crippen molar-refractivity contribution in [3.8, 4) is 0 Å². The lowest BCUT2D eigenvalue weighted by atomic mass is 9.98. The first-order valence-electron chi connectivity index (χ1n) is 7.23.